The number of ketones is 1. The maximum absolute atomic E-state index is 12.0. The van der Waals surface area contributed by atoms with Crippen molar-refractivity contribution in [3.8, 4) is 17.2 Å². The molecule has 0 aromatic heterocycles. The lowest BCUT2D eigenvalue weighted by atomic mass is 10.1. The standard InChI is InChI=1S/C16H15ClO4/c1-19-12-4-6-13(7-5-12)21-10-15(18)11-3-8-16(20-2)14(17)9-11/h3-9H,10H2,1-2H3. The van der Waals surface area contributed by atoms with E-state index in [1.165, 1.54) is 7.11 Å². The number of hydrogen-bond donors (Lipinski definition) is 0. The van der Waals surface area contributed by atoms with Gasteiger partial charge in [0, 0.05) is 5.56 Å². The maximum atomic E-state index is 12.0. The van der Waals surface area contributed by atoms with Gasteiger partial charge in [0.2, 0.25) is 0 Å². The van der Waals surface area contributed by atoms with Gasteiger partial charge < -0.3 is 14.2 Å². The van der Waals surface area contributed by atoms with Crippen molar-refractivity contribution in [2.75, 3.05) is 20.8 Å². The van der Waals surface area contributed by atoms with Crippen LogP contribution < -0.4 is 14.2 Å². The van der Waals surface area contributed by atoms with Crippen molar-refractivity contribution in [2.45, 2.75) is 0 Å². The Morgan fingerprint density at radius 3 is 2.24 bits per heavy atom. The Morgan fingerprint density at radius 2 is 1.67 bits per heavy atom. The quantitative estimate of drug-likeness (QED) is 0.765. The first-order valence-electron chi connectivity index (χ1n) is 6.27. The molecule has 0 amide bonds. The van der Waals surface area contributed by atoms with E-state index in [1.807, 2.05) is 0 Å². The van der Waals surface area contributed by atoms with Gasteiger partial charge in [-0.2, -0.15) is 0 Å². The molecule has 0 bridgehead atoms. The van der Waals surface area contributed by atoms with E-state index in [9.17, 15) is 4.79 Å². The summed E-state index contributed by atoms with van der Waals surface area (Å²) in [5, 5.41) is 0.396. The third kappa shape index (κ3) is 3.89. The van der Waals surface area contributed by atoms with Crippen LogP contribution in [-0.2, 0) is 0 Å². The predicted molar refractivity (Wildman–Crippen MR) is 80.8 cm³/mol. The van der Waals surface area contributed by atoms with Gasteiger partial charge in [0.05, 0.1) is 19.2 Å². The second kappa shape index (κ2) is 6.99. The highest BCUT2D eigenvalue weighted by Gasteiger charge is 2.10. The maximum Gasteiger partial charge on any atom is 0.200 e. The molecule has 2 aromatic rings. The van der Waals surface area contributed by atoms with E-state index < -0.39 is 0 Å². The number of carbonyl (C=O) groups excluding carboxylic acids is 1. The predicted octanol–water partition coefficient (Wildman–Crippen LogP) is 3.62. The molecule has 5 heteroatoms. The summed E-state index contributed by atoms with van der Waals surface area (Å²) in [4.78, 5) is 12.0. The highest BCUT2D eigenvalue weighted by molar-refractivity contribution is 6.32. The summed E-state index contributed by atoms with van der Waals surface area (Å²) in [7, 11) is 3.11. The van der Waals surface area contributed by atoms with Gasteiger partial charge in [-0.3, -0.25) is 4.79 Å². The van der Waals surface area contributed by atoms with Crippen molar-refractivity contribution >= 4 is 17.4 Å². The molecule has 0 saturated heterocycles. The van der Waals surface area contributed by atoms with Crippen LogP contribution in [0.25, 0.3) is 0 Å². The van der Waals surface area contributed by atoms with Crippen LogP contribution in [0.4, 0.5) is 0 Å². The van der Waals surface area contributed by atoms with Crippen molar-refractivity contribution in [1.29, 1.82) is 0 Å². The van der Waals surface area contributed by atoms with Crippen LogP contribution in [-0.4, -0.2) is 26.6 Å². The number of carbonyl (C=O) groups is 1. The molecule has 0 fully saturated rings. The Labute approximate surface area is 128 Å². The van der Waals surface area contributed by atoms with Crippen molar-refractivity contribution < 1.29 is 19.0 Å². The third-order valence-electron chi connectivity index (χ3n) is 2.90. The number of Topliss-reactive ketones (excluding diaryl/α,β-unsaturated/α-hetero) is 1. The minimum atomic E-state index is -0.157. The average molecular weight is 307 g/mol. The lowest BCUT2D eigenvalue weighted by Crippen LogP contribution is -2.11. The normalized spacial score (nSPS) is 10.0. The molecular formula is C16H15ClO4. The molecule has 0 aliphatic heterocycles. The molecule has 0 heterocycles. The second-order valence-corrected chi connectivity index (χ2v) is 4.64. The van der Waals surface area contributed by atoms with E-state index in [0.717, 1.165) is 5.75 Å². The summed E-state index contributed by atoms with van der Waals surface area (Å²) in [5.41, 5.74) is 0.481. The minimum Gasteiger partial charge on any atom is -0.497 e. The summed E-state index contributed by atoms with van der Waals surface area (Å²) in [6.07, 6.45) is 0. The number of hydrogen-bond acceptors (Lipinski definition) is 4. The van der Waals surface area contributed by atoms with Crippen LogP contribution >= 0.6 is 11.6 Å². The fourth-order valence-electron chi connectivity index (χ4n) is 1.74. The molecular weight excluding hydrogens is 292 g/mol. The molecule has 2 rings (SSSR count). The monoisotopic (exact) mass is 306 g/mol. The molecule has 110 valence electrons. The molecule has 0 aliphatic carbocycles. The van der Waals surface area contributed by atoms with Gasteiger partial charge in [0.1, 0.15) is 17.2 Å². The van der Waals surface area contributed by atoms with Gasteiger partial charge in [-0.25, -0.2) is 0 Å². The fraction of sp³-hybridized carbons (Fsp3) is 0.188. The molecule has 0 atom stereocenters. The summed E-state index contributed by atoms with van der Waals surface area (Å²) < 4.78 is 15.5. The fourth-order valence-corrected chi connectivity index (χ4v) is 2.00. The second-order valence-electron chi connectivity index (χ2n) is 4.24. The molecule has 2 aromatic carbocycles. The van der Waals surface area contributed by atoms with E-state index in [0.29, 0.717) is 22.1 Å². The number of methoxy groups -OCH3 is 2. The van der Waals surface area contributed by atoms with Gasteiger partial charge in [-0.05, 0) is 42.5 Å². The molecule has 21 heavy (non-hydrogen) atoms. The highest BCUT2D eigenvalue weighted by Crippen LogP contribution is 2.25. The minimum absolute atomic E-state index is 0.0605. The largest absolute Gasteiger partial charge is 0.497 e. The molecule has 0 radical (unpaired) electrons. The Hall–Kier alpha value is -2.20. The Bertz CT molecular complexity index is 623. The van der Waals surface area contributed by atoms with Gasteiger partial charge in [-0.15, -0.1) is 0 Å². The topological polar surface area (TPSA) is 44.8 Å². The summed E-state index contributed by atoms with van der Waals surface area (Å²) in [6.45, 7) is -0.0605. The molecule has 0 unspecified atom stereocenters. The molecule has 0 spiro atoms. The van der Waals surface area contributed by atoms with Crippen LogP contribution in [0, 0.1) is 0 Å². The zero-order chi connectivity index (χ0) is 15.2. The first-order chi connectivity index (χ1) is 10.1. The summed E-state index contributed by atoms with van der Waals surface area (Å²) in [6, 6.07) is 11.9. The third-order valence-corrected chi connectivity index (χ3v) is 3.20. The van der Waals surface area contributed by atoms with E-state index in [-0.39, 0.29) is 12.4 Å². The zero-order valence-electron chi connectivity index (χ0n) is 11.8. The van der Waals surface area contributed by atoms with E-state index in [2.05, 4.69) is 0 Å². The number of benzene rings is 2. The highest BCUT2D eigenvalue weighted by atomic mass is 35.5. The smallest absolute Gasteiger partial charge is 0.200 e. The molecule has 0 saturated carbocycles. The summed E-state index contributed by atoms with van der Waals surface area (Å²) in [5.74, 6) is 1.71. The van der Waals surface area contributed by atoms with Crippen LogP contribution in [0.2, 0.25) is 5.02 Å². The van der Waals surface area contributed by atoms with Gasteiger partial charge >= 0.3 is 0 Å². The SMILES string of the molecule is COc1ccc(OCC(=O)c2ccc(OC)c(Cl)c2)cc1. The Kier molecular flexibility index (Phi) is 5.06. The van der Waals surface area contributed by atoms with E-state index in [1.54, 1.807) is 49.6 Å². The van der Waals surface area contributed by atoms with Gasteiger partial charge in [-0.1, -0.05) is 11.6 Å². The lowest BCUT2D eigenvalue weighted by molar-refractivity contribution is 0.0921. The van der Waals surface area contributed by atoms with E-state index in [4.69, 9.17) is 25.8 Å². The van der Waals surface area contributed by atoms with Crippen LogP contribution in [0.5, 0.6) is 17.2 Å². The zero-order valence-corrected chi connectivity index (χ0v) is 12.5. The molecule has 0 N–H and O–H groups in total. The van der Waals surface area contributed by atoms with Crippen molar-refractivity contribution in [3.05, 3.63) is 53.1 Å². The first kappa shape index (κ1) is 15.2. The Morgan fingerprint density at radius 1 is 1.00 bits per heavy atom. The number of rotatable bonds is 6. The van der Waals surface area contributed by atoms with Crippen LogP contribution in [0.3, 0.4) is 0 Å². The average Bonchev–Trinajstić information content (AvgIpc) is 2.53. The van der Waals surface area contributed by atoms with Crippen LogP contribution in [0.1, 0.15) is 10.4 Å². The number of halogens is 1. The van der Waals surface area contributed by atoms with Crippen molar-refractivity contribution in [3.63, 3.8) is 0 Å². The lowest BCUT2D eigenvalue weighted by Gasteiger charge is -2.08. The summed E-state index contributed by atoms with van der Waals surface area (Å²) >= 11 is 5.99. The first-order valence-corrected chi connectivity index (χ1v) is 6.65. The Balaban J connectivity index is 1.99. The number of ether oxygens (including phenoxy) is 3. The van der Waals surface area contributed by atoms with E-state index >= 15 is 0 Å². The van der Waals surface area contributed by atoms with Crippen LogP contribution in [0.15, 0.2) is 42.5 Å². The van der Waals surface area contributed by atoms with Crippen molar-refractivity contribution in [1.82, 2.24) is 0 Å². The van der Waals surface area contributed by atoms with Crippen molar-refractivity contribution in [2.24, 2.45) is 0 Å². The van der Waals surface area contributed by atoms with Gasteiger partial charge in [0.25, 0.3) is 0 Å². The molecule has 4 nitrogen and oxygen atoms in total. The molecule has 0 aliphatic rings. The van der Waals surface area contributed by atoms with Gasteiger partial charge in [0.15, 0.2) is 12.4 Å².